The van der Waals surface area contributed by atoms with E-state index in [2.05, 4.69) is 4.72 Å². The number of ether oxygens (including phenoxy) is 1. The van der Waals surface area contributed by atoms with Gasteiger partial charge in [0.05, 0.1) is 4.90 Å². The molecule has 0 saturated carbocycles. The third kappa shape index (κ3) is 4.37. The zero-order chi connectivity index (χ0) is 17.0. The summed E-state index contributed by atoms with van der Waals surface area (Å²) >= 11 is 0. The van der Waals surface area contributed by atoms with Crippen LogP contribution in [-0.4, -0.2) is 20.9 Å². The van der Waals surface area contributed by atoms with Crippen molar-refractivity contribution < 1.29 is 22.3 Å². The van der Waals surface area contributed by atoms with Crippen LogP contribution in [0.2, 0.25) is 0 Å². The Kier molecular flexibility index (Phi) is 5.12. The molecular weight excluding hydrogens is 321 g/mol. The van der Waals surface area contributed by atoms with Crippen LogP contribution in [0.15, 0.2) is 47.4 Å². The molecule has 0 aliphatic carbocycles. The zero-order valence-corrected chi connectivity index (χ0v) is 13.5. The van der Waals surface area contributed by atoms with Crippen molar-refractivity contribution in [1.29, 1.82) is 0 Å². The van der Waals surface area contributed by atoms with Gasteiger partial charge < -0.3 is 4.74 Å². The van der Waals surface area contributed by atoms with E-state index in [0.29, 0.717) is 5.75 Å². The lowest BCUT2D eigenvalue weighted by molar-refractivity contribution is -0.133. The van der Waals surface area contributed by atoms with Crippen LogP contribution in [-0.2, 0) is 14.8 Å². The molecule has 2 aromatic rings. The fourth-order valence-electron chi connectivity index (χ4n) is 1.98. The lowest BCUT2D eigenvalue weighted by Gasteiger charge is -2.10. The third-order valence-electron chi connectivity index (χ3n) is 3.15. The first-order chi connectivity index (χ1) is 10.8. The average molecular weight is 337 g/mol. The first-order valence-corrected chi connectivity index (χ1v) is 8.30. The maximum atomic E-state index is 13.0. The van der Waals surface area contributed by atoms with Crippen molar-refractivity contribution >= 4 is 16.0 Å². The van der Waals surface area contributed by atoms with E-state index in [1.54, 1.807) is 31.2 Å². The number of sulfonamides is 1. The van der Waals surface area contributed by atoms with Crippen LogP contribution >= 0.6 is 0 Å². The van der Waals surface area contributed by atoms with Crippen LogP contribution in [0, 0.1) is 19.7 Å². The summed E-state index contributed by atoms with van der Waals surface area (Å²) in [6.07, 6.45) is 0. The van der Waals surface area contributed by atoms with E-state index >= 15 is 0 Å². The van der Waals surface area contributed by atoms with Gasteiger partial charge in [-0.25, -0.2) is 12.8 Å². The first-order valence-electron chi connectivity index (χ1n) is 6.82. The van der Waals surface area contributed by atoms with Gasteiger partial charge >= 0.3 is 5.97 Å². The van der Waals surface area contributed by atoms with Gasteiger partial charge in [-0.15, -0.1) is 0 Å². The zero-order valence-electron chi connectivity index (χ0n) is 12.7. The lowest BCUT2D eigenvalue weighted by atomic mass is 10.2. The van der Waals surface area contributed by atoms with Gasteiger partial charge in [0.2, 0.25) is 10.0 Å². The quantitative estimate of drug-likeness (QED) is 0.671. The van der Waals surface area contributed by atoms with Crippen molar-refractivity contribution in [2.24, 2.45) is 0 Å². The number of hydrogen-bond donors (Lipinski definition) is 1. The predicted molar refractivity (Wildman–Crippen MR) is 83.1 cm³/mol. The number of halogens is 1. The summed E-state index contributed by atoms with van der Waals surface area (Å²) in [5.41, 5.74) is 1.02. The molecule has 0 aliphatic heterocycles. The molecule has 122 valence electrons. The summed E-state index contributed by atoms with van der Waals surface area (Å²) in [4.78, 5) is 11.7. The van der Waals surface area contributed by atoms with Gasteiger partial charge in [0, 0.05) is 0 Å². The molecule has 5 nitrogen and oxygen atoms in total. The van der Waals surface area contributed by atoms with Crippen molar-refractivity contribution in [3.63, 3.8) is 0 Å². The Morgan fingerprint density at radius 3 is 2.48 bits per heavy atom. The second-order valence-electron chi connectivity index (χ2n) is 4.97. The minimum atomic E-state index is -3.92. The Balaban J connectivity index is 2.04. The van der Waals surface area contributed by atoms with Crippen LogP contribution in [0.25, 0.3) is 0 Å². The van der Waals surface area contributed by atoms with Gasteiger partial charge in [0.15, 0.2) is 0 Å². The van der Waals surface area contributed by atoms with E-state index in [9.17, 15) is 17.6 Å². The molecule has 2 aromatic carbocycles. The molecular formula is C16H16FNO4S. The van der Waals surface area contributed by atoms with E-state index in [0.717, 1.165) is 23.8 Å². The summed E-state index contributed by atoms with van der Waals surface area (Å²) in [6, 6.07) is 10.2. The normalized spacial score (nSPS) is 11.3. The summed E-state index contributed by atoms with van der Waals surface area (Å²) in [5, 5.41) is 0. The molecule has 0 bridgehead atoms. The SMILES string of the molecule is Cc1ccccc1OC(=O)CNS(=O)(=O)c1ccc(F)cc1C. The fourth-order valence-corrected chi connectivity index (χ4v) is 3.17. The first kappa shape index (κ1) is 17.1. The van der Waals surface area contributed by atoms with Crippen molar-refractivity contribution in [3.05, 3.63) is 59.4 Å². The number of carbonyl (C=O) groups excluding carboxylic acids is 1. The summed E-state index contributed by atoms with van der Waals surface area (Å²) in [5.74, 6) is -0.891. The van der Waals surface area contributed by atoms with E-state index < -0.39 is 28.4 Å². The van der Waals surface area contributed by atoms with E-state index in [-0.39, 0.29) is 10.5 Å². The highest BCUT2D eigenvalue weighted by atomic mass is 32.2. The molecule has 7 heteroatoms. The summed E-state index contributed by atoms with van der Waals surface area (Å²) in [6.45, 7) is 2.73. The Morgan fingerprint density at radius 2 is 1.83 bits per heavy atom. The Hall–Kier alpha value is -2.25. The van der Waals surface area contributed by atoms with Crippen LogP contribution in [0.3, 0.4) is 0 Å². The van der Waals surface area contributed by atoms with Crippen molar-refractivity contribution in [2.75, 3.05) is 6.54 Å². The lowest BCUT2D eigenvalue weighted by Crippen LogP contribution is -2.32. The van der Waals surface area contributed by atoms with Crippen molar-refractivity contribution in [3.8, 4) is 5.75 Å². The maximum absolute atomic E-state index is 13.0. The molecule has 0 aromatic heterocycles. The number of hydrogen-bond acceptors (Lipinski definition) is 4. The molecule has 0 saturated heterocycles. The molecule has 0 atom stereocenters. The molecule has 0 spiro atoms. The molecule has 0 fully saturated rings. The number of aryl methyl sites for hydroxylation is 2. The average Bonchev–Trinajstić information content (AvgIpc) is 2.47. The molecule has 0 unspecified atom stereocenters. The molecule has 23 heavy (non-hydrogen) atoms. The smallest absolute Gasteiger partial charge is 0.326 e. The second-order valence-corrected chi connectivity index (χ2v) is 6.71. The monoisotopic (exact) mass is 337 g/mol. The standard InChI is InChI=1S/C16H16FNO4S/c1-11-5-3-4-6-14(11)22-16(19)10-18-23(20,21)15-8-7-13(17)9-12(15)2/h3-9,18H,10H2,1-2H3. The molecule has 0 aliphatic rings. The van der Waals surface area contributed by atoms with Gasteiger partial charge in [0.1, 0.15) is 18.1 Å². The summed E-state index contributed by atoms with van der Waals surface area (Å²) in [7, 11) is -3.92. The number of carbonyl (C=O) groups is 1. The van der Waals surface area contributed by atoms with Gasteiger partial charge in [-0.3, -0.25) is 4.79 Å². The molecule has 1 N–H and O–H groups in total. The number of rotatable bonds is 5. The number of esters is 1. The van der Waals surface area contributed by atoms with Crippen LogP contribution < -0.4 is 9.46 Å². The second kappa shape index (κ2) is 6.89. The van der Waals surface area contributed by atoms with Crippen molar-refractivity contribution in [2.45, 2.75) is 18.7 Å². The molecule has 0 radical (unpaired) electrons. The Morgan fingerprint density at radius 1 is 1.13 bits per heavy atom. The summed E-state index contributed by atoms with van der Waals surface area (Å²) < 4.78 is 44.6. The highest BCUT2D eigenvalue weighted by molar-refractivity contribution is 7.89. The van der Waals surface area contributed by atoms with Crippen LogP contribution in [0.1, 0.15) is 11.1 Å². The van der Waals surface area contributed by atoms with Crippen LogP contribution in [0.5, 0.6) is 5.75 Å². The number of para-hydroxylation sites is 1. The Labute approximate surface area is 134 Å². The highest BCUT2D eigenvalue weighted by Crippen LogP contribution is 2.17. The largest absolute Gasteiger partial charge is 0.425 e. The number of benzene rings is 2. The topological polar surface area (TPSA) is 72.5 Å². The van der Waals surface area contributed by atoms with Gasteiger partial charge in [-0.05, 0) is 49.2 Å². The minimum absolute atomic E-state index is 0.0809. The van der Waals surface area contributed by atoms with Crippen LogP contribution in [0.4, 0.5) is 4.39 Å². The Bertz CT molecular complexity index is 834. The number of nitrogens with one attached hydrogen (secondary N) is 1. The highest BCUT2D eigenvalue weighted by Gasteiger charge is 2.19. The fraction of sp³-hybridized carbons (Fsp3) is 0.188. The van der Waals surface area contributed by atoms with E-state index in [1.165, 1.54) is 6.92 Å². The molecule has 0 heterocycles. The predicted octanol–water partition coefficient (Wildman–Crippen LogP) is 2.33. The molecule has 2 rings (SSSR count). The van der Waals surface area contributed by atoms with Gasteiger partial charge in [-0.1, -0.05) is 18.2 Å². The van der Waals surface area contributed by atoms with Gasteiger partial charge in [-0.2, -0.15) is 4.72 Å². The molecule has 0 amide bonds. The van der Waals surface area contributed by atoms with Crippen molar-refractivity contribution in [1.82, 2.24) is 4.72 Å². The minimum Gasteiger partial charge on any atom is -0.425 e. The maximum Gasteiger partial charge on any atom is 0.326 e. The van der Waals surface area contributed by atoms with E-state index in [4.69, 9.17) is 4.74 Å². The third-order valence-corrected chi connectivity index (χ3v) is 4.71. The van der Waals surface area contributed by atoms with Gasteiger partial charge in [0.25, 0.3) is 0 Å². The van der Waals surface area contributed by atoms with E-state index in [1.807, 2.05) is 0 Å².